The van der Waals surface area contributed by atoms with Crippen molar-refractivity contribution in [3.05, 3.63) is 48.0 Å². The minimum absolute atomic E-state index is 0.125. The third-order valence-electron chi connectivity index (χ3n) is 4.25. The molecule has 2 aromatic rings. The molecule has 136 valence electrons. The maximum atomic E-state index is 12.7. The fourth-order valence-electron chi connectivity index (χ4n) is 3.00. The SMILES string of the molecule is CC(C)C[C@@H](CNC(=O)c1cccc2c1Nc1ccccc1S2)C(=O)O. The predicted molar refractivity (Wildman–Crippen MR) is 103 cm³/mol. The highest BCUT2D eigenvalue weighted by Crippen LogP contribution is 2.45. The molecular weight excluding hydrogens is 348 g/mol. The number of anilines is 2. The van der Waals surface area contributed by atoms with E-state index >= 15 is 0 Å². The molecule has 0 saturated carbocycles. The number of nitrogens with one attached hydrogen (secondary N) is 2. The van der Waals surface area contributed by atoms with Gasteiger partial charge < -0.3 is 15.7 Å². The number of fused-ring (bicyclic) bond motifs is 2. The van der Waals surface area contributed by atoms with E-state index in [1.165, 1.54) is 0 Å². The van der Waals surface area contributed by atoms with E-state index in [2.05, 4.69) is 10.6 Å². The van der Waals surface area contributed by atoms with Crippen LogP contribution in [0, 0.1) is 11.8 Å². The Bertz CT molecular complexity index is 836. The van der Waals surface area contributed by atoms with E-state index in [1.54, 1.807) is 17.8 Å². The maximum absolute atomic E-state index is 12.7. The van der Waals surface area contributed by atoms with Crippen LogP contribution in [0.4, 0.5) is 11.4 Å². The van der Waals surface area contributed by atoms with Crippen molar-refractivity contribution in [1.29, 1.82) is 0 Å². The Hall–Kier alpha value is -2.47. The fourth-order valence-corrected chi connectivity index (χ4v) is 4.02. The van der Waals surface area contributed by atoms with Crippen molar-refractivity contribution >= 4 is 35.0 Å². The Morgan fingerprint density at radius 1 is 1.12 bits per heavy atom. The molecule has 0 bridgehead atoms. The van der Waals surface area contributed by atoms with Gasteiger partial charge in [0, 0.05) is 16.3 Å². The number of rotatable bonds is 6. The lowest BCUT2D eigenvalue weighted by atomic mass is 9.97. The summed E-state index contributed by atoms with van der Waals surface area (Å²) in [5.41, 5.74) is 2.26. The maximum Gasteiger partial charge on any atom is 0.308 e. The molecule has 5 nitrogen and oxygen atoms in total. The normalized spacial score (nSPS) is 13.3. The van der Waals surface area contributed by atoms with Crippen LogP contribution in [0.1, 0.15) is 30.6 Å². The molecule has 3 rings (SSSR count). The Labute approximate surface area is 157 Å². The van der Waals surface area contributed by atoms with Crippen molar-refractivity contribution in [3.63, 3.8) is 0 Å². The van der Waals surface area contributed by atoms with E-state index in [9.17, 15) is 14.7 Å². The molecule has 1 aliphatic heterocycles. The van der Waals surface area contributed by atoms with Gasteiger partial charge in [0.1, 0.15) is 0 Å². The number of hydrogen-bond acceptors (Lipinski definition) is 4. The number of carboxylic acid groups (broad SMARTS) is 1. The summed E-state index contributed by atoms with van der Waals surface area (Å²) in [6.07, 6.45) is 0.532. The lowest BCUT2D eigenvalue weighted by molar-refractivity contribution is -0.142. The van der Waals surface area contributed by atoms with Crippen LogP contribution in [-0.2, 0) is 4.79 Å². The quantitative estimate of drug-likeness (QED) is 0.600. The van der Waals surface area contributed by atoms with Crippen LogP contribution in [0.15, 0.2) is 52.3 Å². The summed E-state index contributed by atoms with van der Waals surface area (Å²) in [5, 5.41) is 15.5. The molecular formula is C20H22N2O3S. The number of carbonyl (C=O) groups excluding carboxylic acids is 1. The molecule has 26 heavy (non-hydrogen) atoms. The van der Waals surface area contributed by atoms with Crippen LogP contribution in [0.2, 0.25) is 0 Å². The van der Waals surface area contributed by atoms with Crippen molar-refractivity contribution in [2.24, 2.45) is 11.8 Å². The smallest absolute Gasteiger partial charge is 0.308 e. The van der Waals surface area contributed by atoms with Crippen LogP contribution < -0.4 is 10.6 Å². The Kier molecular flexibility index (Phi) is 5.52. The van der Waals surface area contributed by atoms with E-state index < -0.39 is 11.9 Å². The van der Waals surface area contributed by atoms with Crippen molar-refractivity contribution in [2.75, 3.05) is 11.9 Å². The van der Waals surface area contributed by atoms with Crippen molar-refractivity contribution in [2.45, 2.75) is 30.1 Å². The van der Waals surface area contributed by atoms with Crippen LogP contribution in [0.5, 0.6) is 0 Å². The van der Waals surface area contributed by atoms with Crippen molar-refractivity contribution < 1.29 is 14.7 Å². The van der Waals surface area contributed by atoms with E-state index in [1.807, 2.05) is 50.2 Å². The highest BCUT2D eigenvalue weighted by atomic mass is 32.2. The molecule has 1 heterocycles. The summed E-state index contributed by atoms with van der Waals surface area (Å²) < 4.78 is 0. The number of aliphatic carboxylic acids is 1. The van der Waals surface area contributed by atoms with Gasteiger partial charge in [0.2, 0.25) is 0 Å². The summed E-state index contributed by atoms with van der Waals surface area (Å²) in [5.74, 6) is -1.46. The van der Waals surface area contributed by atoms with E-state index in [-0.39, 0.29) is 18.4 Å². The van der Waals surface area contributed by atoms with Gasteiger partial charge in [-0.1, -0.05) is 43.8 Å². The van der Waals surface area contributed by atoms with E-state index in [0.29, 0.717) is 12.0 Å². The highest BCUT2D eigenvalue weighted by molar-refractivity contribution is 7.99. The summed E-state index contributed by atoms with van der Waals surface area (Å²) in [6.45, 7) is 4.08. The van der Waals surface area contributed by atoms with Crippen LogP contribution in [0.3, 0.4) is 0 Å². The zero-order valence-corrected chi connectivity index (χ0v) is 15.6. The largest absolute Gasteiger partial charge is 0.481 e. The second-order valence-electron chi connectivity index (χ2n) is 6.78. The van der Waals surface area contributed by atoms with Gasteiger partial charge in [0.05, 0.1) is 22.9 Å². The number of benzene rings is 2. The standard InChI is InChI=1S/C20H22N2O3S/c1-12(2)10-13(20(24)25)11-21-19(23)14-6-5-9-17-18(14)22-15-7-3-4-8-16(15)26-17/h3-9,12-13,22H,10-11H2,1-2H3,(H,21,23)(H,24,25)/t13-/m0/s1. The second kappa shape index (κ2) is 7.83. The zero-order chi connectivity index (χ0) is 18.7. The number of amides is 1. The summed E-state index contributed by atoms with van der Waals surface area (Å²) in [6, 6.07) is 13.5. The first kappa shape index (κ1) is 18.3. The number of carbonyl (C=O) groups is 2. The monoisotopic (exact) mass is 370 g/mol. The molecule has 0 fully saturated rings. The molecule has 0 radical (unpaired) electrons. The Balaban J connectivity index is 1.76. The van der Waals surface area contributed by atoms with Gasteiger partial charge in [0.15, 0.2) is 0 Å². The highest BCUT2D eigenvalue weighted by Gasteiger charge is 2.23. The molecule has 1 amide bonds. The Morgan fingerprint density at radius 3 is 2.58 bits per heavy atom. The number of carboxylic acids is 1. The lowest BCUT2D eigenvalue weighted by Gasteiger charge is -2.23. The molecule has 0 unspecified atom stereocenters. The predicted octanol–water partition coefficient (Wildman–Crippen LogP) is 4.37. The van der Waals surface area contributed by atoms with E-state index in [0.717, 1.165) is 21.2 Å². The van der Waals surface area contributed by atoms with E-state index in [4.69, 9.17) is 0 Å². The van der Waals surface area contributed by atoms with Gasteiger partial charge in [-0.2, -0.15) is 0 Å². The first-order valence-electron chi connectivity index (χ1n) is 8.63. The molecule has 1 aliphatic rings. The van der Waals surface area contributed by atoms with Crippen LogP contribution >= 0.6 is 11.8 Å². The van der Waals surface area contributed by atoms with Gasteiger partial charge in [-0.05, 0) is 36.6 Å². The Morgan fingerprint density at radius 2 is 1.85 bits per heavy atom. The topological polar surface area (TPSA) is 78.4 Å². The van der Waals surface area contributed by atoms with Crippen LogP contribution in [-0.4, -0.2) is 23.5 Å². The molecule has 3 N–H and O–H groups in total. The van der Waals surface area contributed by atoms with Gasteiger partial charge in [0.25, 0.3) is 5.91 Å². The van der Waals surface area contributed by atoms with Gasteiger partial charge >= 0.3 is 5.97 Å². The minimum Gasteiger partial charge on any atom is -0.481 e. The van der Waals surface area contributed by atoms with Crippen molar-refractivity contribution in [3.8, 4) is 0 Å². The lowest BCUT2D eigenvalue weighted by Crippen LogP contribution is -2.34. The molecule has 2 aromatic carbocycles. The van der Waals surface area contributed by atoms with Gasteiger partial charge in [-0.15, -0.1) is 0 Å². The van der Waals surface area contributed by atoms with Crippen LogP contribution in [0.25, 0.3) is 0 Å². The summed E-state index contributed by atoms with van der Waals surface area (Å²) in [4.78, 5) is 26.2. The second-order valence-corrected chi connectivity index (χ2v) is 7.86. The zero-order valence-electron chi connectivity index (χ0n) is 14.8. The molecule has 6 heteroatoms. The fraction of sp³-hybridized carbons (Fsp3) is 0.300. The molecule has 0 aromatic heterocycles. The molecule has 0 spiro atoms. The molecule has 0 aliphatic carbocycles. The molecule has 0 saturated heterocycles. The van der Waals surface area contributed by atoms with Gasteiger partial charge in [-0.3, -0.25) is 9.59 Å². The summed E-state index contributed by atoms with van der Waals surface area (Å²) >= 11 is 1.62. The van der Waals surface area contributed by atoms with Gasteiger partial charge in [-0.25, -0.2) is 0 Å². The first-order valence-corrected chi connectivity index (χ1v) is 9.45. The first-order chi connectivity index (χ1) is 12.5. The number of para-hydroxylation sites is 2. The average molecular weight is 370 g/mol. The van der Waals surface area contributed by atoms with Crippen molar-refractivity contribution in [1.82, 2.24) is 5.32 Å². The third kappa shape index (κ3) is 4.02. The molecule has 1 atom stereocenters. The summed E-state index contributed by atoms with van der Waals surface area (Å²) in [7, 11) is 0. The number of hydrogen-bond donors (Lipinski definition) is 3. The third-order valence-corrected chi connectivity index (χ3v) is 5.39. The average Bonchev–Trinajstić information content (AvgIpc) is 2.62. The minimum atomic E-state index is -0.878.